The molecule has 0 spiro atoms. The molecule has 7 heteroatoms. The third kappa shape index (κ3) is 5.47. The summed E-state index contributed by atoms with van der Waals surface area (Å²) in [4.78, 5) is 8.33. The minimum Gasteiger partial charge on any atom is -0.286 e. The Labute approximate surface area is 81.9 Å². The van der Waals surface area contributed by atoms with Gasteiger partial charge in [-0.3, -0.25) is 14.3 Å². The average Bonchev–Trinajstić information content (AvgIpc) is 2.19. The predicted molar refractivity (Wildman–Crippen MR) is 45.9 cm³/mol. The molecule has 0 rings (SSSR count). The number of hydrogen-bond acceptors (Lipinski definition) is 6. The van der Waals surface area contributed by atoms with Gasteiger partial charge in [0, 0.05) is 21.0 Å². The van der Waals surface area contributed by atoms with E-state index in [4.69, 9.17) is 0 Å². The lowest BCUT2D eigenvalue weighted by Gasteiger charge is -2.08. The molecule has 0 aromatic rings. The molecular formula is C7H9O6P. The van der Waals surface area contributed by atoms with Crippen molar-refractivity contribution in [3.05, 3.63) is 0 Å². The molecule has 0 aliphatic rings. The highest BCUT2D eigenvalue weighted by Crippen LogP contribution is 2.48. The van der Waals surface area contributed by atoms with E-state index in [0.29, 0.717) is 0 Å². The van der Waals surface area contributed by atoms with Crippen molar-refractivity contribution in [1.82, 2.24) is 0 Å². The zero-order chi connectivity index (χ0) is 10.9. The summed E-state index contributed by atoms with van der Waals surface area (Å²) in [7, 11) is -2.82. The fourth-order valence-corrected chi connectivity index (χ4v) is 0.689. The molecule has 0 atom stereocenters. The topological polar surface area (TPSA) is 63.2 Å². The van der Waals surface area contributed by atoms with E-state index in [2.05, 4.69) is 35.5 Å². The Balaban J connectivity index is 4.06. The second kappa shape index (κ2) is 7.25. The molecule has 0 aromatic carbocycles. The van der Waals surface area contributed by atoms with Crippen LogP contribution >= 0.6 is 7.82 Å². The monoisotopic (exact) mass is 220 g/mol. The molecule has 6 nitrogen and oxygen atoms in total. The van der Waals surface area contributed by atoms with Crippen molar-refractivity contribution in [2.45, 2.75) is 13.8 Å². The van der Waals surface area contributed by atoms with Gasteiger partial charge in [-0.05, 0) is 0 Å². The zero-order valence-corrected chi connectivity index (χ0v) is 8.79. The highest BCUT2D eigenvalue weighted by molar-refractivity contribution is 7.48. The molecule has 0 saturated carbocycles. The Morgan fingerprint density at radius 2 is 1.43 bits per heavy atom. The van der Waals surface area contributed by atoms with Crippen LogP contribution in [0, 0.1) is 24.1 Å². The molecule has 0 heterocycles. The van der Waals surface area contributed by atoms with Crippen LogP contribution in [0.3, 0.4) is 0 Å². The van der Waals surface area contributed by atoms with E-state index in [0.717, 1.165) is 7.11 Å². The lowest BCUT2D eigenvalue weighted by molar-refractivity contribution is -0.220. The fraction of sp³-hybridized carbons (Fsp3) is 0.429. The van der Waals surface area contributed by atoms with Crippen LogP contribution in [0.4, 0.5) is 0 Å². The van der Waals surface area contributed by atoms with Crippen LogP contribution in [-0.4, -0.2) is 7.11 Å². The predicted octanol–water partition coefficient (Wildman–Crippen LogP) is 1.60. The van der Waals surface area contributed by atoms with E-state index < -0.39 is 7.82 Å². The summed E-state index contributed by atoms with van der Waals surface area (Å²) < 4.78 is 24.1. The normalized spacial score (nSPS) is 9.07. The first kappa shape index (κ1) is 12.8. The van der Waals surface area contributed by atoms with Gasteiger partial charge in [-0.2, -0.15) is 0 Å². The van der Waals surface area contributed by atoms with Crippen molar-refractivity contribution in [2.75, 3.05) is 7.11 Å². The summed E-state index contributed by atoms with van der Waals surface area (Å²) in [5.74, 6) is 4.67. The highest BCUT2D eigenvalue weighted by atomic mass is 31.2. The number of hydrogen-bond donors (Lipinski definition) is 0. The van der Waals surface area contributed by atoms with Crippen LogP contribution in [0.5, 0.6) is 0 Å². The van der Waals surface area contributed by atoms with E-state index in [1.54, 1.807) is 0 Å². The Kier molecular flexibility index (Phi) is 6.65. The minimum absolute atomic E-state index is 1.09. The maximum absolute atomic E-state index is 11.3. The SMILES string of the molecule is CC#COOP(=O)(OC)OOC#CC. The third-order valence-corrected chi connectivity index (χ3v) is 1.73. The van der Waals surface area contributed by atoms with Gasteiger partial charge in [-0.1, -0.05) is 21.2 Å². The van der Waals surface area contributed by atoms with Gasteiger partial charge in [0.25, 0.3) is 0 Å². The van der Waals surface area contributed by atoms with Gasteiger partial charge < -0.3 is 0 Å². The first-order chi connectivity index (χ1) is 6.68. The summed E-state index contributed by atoms with van der Waals surface area (Å²) in [6, 6.07) is 0. The van der Waals surface area contributed by atoms with Crippen LogP contribution in [0.1, 0.15) is 13.8 Å². The molecule has 0 bridgehead atoms. The second-order valence-corrected chi connectivity index (χ2v) is 3.21. The van der Waals surface area contributed by atoms with Gasteiger partial charge in [0.1, 0.15) is 0 Å². The smallest absolute Gasteiger partial charge is 0.286 e. The quantitative estimate of drug-likeness (QED) is 0.303. The second-order valence-electron chi connectivity index (χ2n) is 1.65. The van der Waals surface area contributed by atoms with Crippen molar-refractivity contribution in [2.24, 2.45) is 0 Å². The van der Waals surface area contributed by atoms with Crippen molar-refractivity contribution < 1.29 is 28.2 Å². The van der Waals surface area contributed by atoms with Crippen LogP contribution in [0.15, 0.2) is 0 Å². The van der Waals surface area contributed by atoms with E-state index in [1.807, 2.05) is 12.2 Å². The number of rotatable bonds is 5. The molecule has 14 heavy (non-hydrogen) atoms. The van der Waals surface area contributed by atoms with Crippen molar-refractivity contribution in [3.63, 3.8) is 0 Å². The maximum Gasteiger partial charge on any atom is 0.548 e. The first-order valence-electron chi connectivity index (χ1n) is 3.38. The Morgan fingerprint density at radius 3 is 1.71 bits per heavy atom. The largest absolute Gasteiger partial charge is 0.548 e. The van der Waals surface area contributed by atoms with E-state index >= 15 is 0 Å². The Bertz CT molecular complexity index is 289. The highest BCUT2D eigenvalue weighted by Gasteiger charge is 2.29. The molecule has 0 amide bonds. The van der Waals surface area contributed by atoms with E-state index in [-0.39, 0.29) is 0 Å². The van der Waals surface area contributed by atoms with Gasteiger partial charge in [-0.25, -0.2) is 4.57 Å². The molecule has 0 aliphatic carbocycles. The summed E-state index contributed by atoms with van der Waals surface area (Å²) >= 11 is 0. The van der Waals surface area contributed by atoms with Crippen molar-refractivity contribution in [1.29, 1.82) is 0 Å². The summed E-state index contributed by atoms with van der Waals surface area (Å²) in [5, 5.41) is 0. The molecule has 0 saturated heterocycles. The molecule has 0 aromatic heterocycles. The molecule has 0 radical (unpaired) electrons. The average molecular weight is 220 g/mol. The van der Waals surface area contributed by atoms with Gasteiger partial charge in [0.15, 0.2) is 12.2 Å². The molecule has 78 valence electrons. The van der Waals surface area contributed by atoms with Crippen LogP contribution in [0.2, 0.25) is 0 Å². The van der Waals surface area contributed by atoms with Gasteiger partial charge in [0.2, 0.25) is 0 Å². The fourth-order valence-electron chi connectivity index (χ4n) is 0.285. The minimum atomic E-state index is -3.91. The van der Waals surface area contributed by atoms with Crippen LogP contribution in [-0.2, 0) is 28.2 Å². The Hall–Kier alpha value is -1.17. The number of phosphoric acid groups is 1. The first-order valence-corrected chi connectivity index (χ1v) is 4.84. The third-order valence-electron chi connectivity index (χ3n) is 0.768. The lowest BCUT2D eigenvalue weighted by Crippen LogP contribution is -1.95. The van der Waals surface area contributed by atoms with Crippen LogP contribution < -0.4 is 0 Å². The van der Waals surface area contributed by atoms with Crippen molar-refractivity contribution >= 4 is 7.82 Å². The Morgan fingerprint density at radius 1 is 1.00 bits per heavy atom. The summed E-state index contributed by atoms with van der Waals surface area (Å²) in [6.45, 7) is 3.00. The standard InChI is InChI=1S/C7H9O6P/c1-4-6-10-12-14(8,9-3)13-11-7-5-2/h1-3H3. The van der Waals surface area contributed by atoms with Gasteiger partial charge in [0.05, 0.1) is 0 Å². The van der Waals surface area contributed by atoms with Gasteiger partial charge >= 0.3 is 7.82 Å². The summed E-state index contributed by atoms with van der Waals surface area (Å²) in [5.41, 5.74) is 0. The zero-order valence-electron chi connectivity index (χ0n) is 7.90. The maximum atomic E-state index is 11.3. The molecule has 0 N–H and O–H groups in total. The van der Waals surface area contributed by atoms with E-state index in [9.17, 15) is 4.57 Å². The van der Waals surface area contributed by atoms with Crippen molar-refractivity contribution in [3.8, 4) is 24.1 Å². The summed E-state index contributed by atoms with van der Waals surface area (Å²) in [6.07, 6.45) is 4.07. The van der Waals surface area contributed by atoms with Gasteiger partial charge in [-0.15, -0.1) is 0 Å². The van der Waals surface area contributed by atoms with Crippen LogP contribution in [0.25, 0.3) is 0 Å². The lowest BCUT2D eigenvalue weighted by atomic mass is 10.8. The molecular weight excluding hydrogens is 211 g/mol. The molecule has 0 unspecified atom stereocenters. The molecule has 0 fully saturated rings. The molecule has 0 aliphatic heterocycles. The van der Waals surface area contributed by atoms with E-state index in [1.165, 1.54) is 13.8 Å².